The van der Waals surface area contributed by atoms with Gasteiger partial charge in [0.1, 0.15) is 0 Å². The molecule has 0 radical (unpaired) electrons. The Hall–Kier alpha value is -2.33. The highest BCUT2D eigenvalue weighted by atomic mass is 16.2. The van der Waals surface area contributed by atoms with Gasteiger partial charge in [-0.25, -0.2) is 0 Å². The highest BCUT2D eigenvalue weighted by Gasteiger charge is 2.28. The summed E-state index contributed by atoms with van der Waals surface area (Å²) in [7, 11) is 0. The van der Waals surface area contributed by atoms with Gasteiger partial charge in [0.05, 0.1) is 26.2 Å². The minimum Gasteiger partial charge on any atom is -0.360 e. The minimum atomic E-state index is 0.275. The van der Waals surface area contributed by atoms with E-state index in [1.54, 1.807) is 0 Å². The molecule has 1 saturated heterocycles. The van der Waals surface area contributed by atoms with Crippen molar-refractivity contribution in [2.45, 2.75) is 19.8 Å². The Bertz CT molecular complexity index is 780. The number of rotatable bonds is 3. The molecule has 0 saturated carbocycles. The molecule has 4 nitrogen and oxygen atoms in total. The zero-order valence-electron chi connectivity index (χ0n) is 15.6. The van der Waals surface area contributed by atoms with Gasteiger partial charge in [-0.3, -0.25) is 4.79 Å². The number of nitrogens with zero attached hydrogens (tertiary/aromatic N) is 2. The lowest BCUT2D eigenvalue weighted by Crippen LogP contribution is -3.16. The lowest BCUT2D eigenvalue weighted by atomic mass is 10.0. The maximum atomic E-state index is 12.9. The van der Waals surface area contributed by atoms with Crippen LogP contribution in [0.2, 0.25) is 0 Å². The first-order chi connectivity index (χ1) is 12.7. The van der Waals surface area contributed by atoms with Gasteiger partial charge in [-0.05, 0) is 43.0 Å². The van der Waals surface area contributed by atoms with Crippen LogP contribution in [0.4, 0.5) is 11.4 Å². The van der Waals surface area contributed by atoms with E-state index in [4.69, 9.17) is 0 Å². The van der Waals surface area contributed by atoms with Gasteiger partial charge in [0, 0.05) is 17.9 Å². The molecule has 1 fully saturated rings. The highest BCUT2D eigenvalue weighted by Crippen LogP contribution is 2.26. The quantitative estimate of drug-likeness (QED) is 0.912. The molecule has 4 heteroatoms. The van der Waals surface area contributed by atoms with Crippen molar-refractivity contribution in [1.82, 2.24) is 0 Å². The van der Waals surface area contributed by atoms with Gasteiger partial charge >= 0.3 is 0 Å². The van der Waals surface area contributed by atoms with Gasteiger partial charge in [0.25, 0.3) is 5.91 Å². The van der Waals surface area contributed by atoms with E-state index in [0.29, 0.717) is 6.54 Å². The molecule has 1 amide bonds. The number of anilines is 2. The molecule has 2 aliphatic heterocycles. The van der Waals surface area contributed by atoms with E-state index in [1.165, 1.54) is 21.7 Å². The first-order valence-corrected chi connectivity index (χ1v) is 9.75. The third-order valence-electron chi connectivity index (χ3n) is 5.74. The number of benzene rings is 2. The van der Waals surface area contributed by atoms with Crippen molar-refractivity contribution < 1.29 is 9.69 Å². The number of carbonyl (C=O) groups excluding carboxylic acids is 1. The number of fused-ring (bicyclic) bond motifs is 1. The van der Waals surface area contributed by atoms with Crippen LogP contribution in [-0.2, 0) is 11.2 Å². The van der Waals surface area contributed by atoms with Crippen molar-refractivity contribution in [3.63, 3.8) is 0 Å². The summed E-state index contributed by atoms with van der Waals surface area (Å²) in [6, 6.07) is 16.9. The van der Waals surface area contributed by atoms with Crippen LogP contribution < -0.4 is 14.7 Å². The second-order valence-electron chi connectivity index (χ2n) is 7.48. The molecule has 1 N–H and O–H groups in total. The van der Waals surface area contributed by atoms with Gasteiger partial charge in [0.2, 0.25) is 0 Å². The number of quaternary nitrogens is 1. The maximum Gasteiger partial charge on any atom is 0.282 e. The van der Waals surface area contributed by atoms with Crippen molar-refractivity contribution >= 4 is 17.3 Å². The third-order valence-corrected chi connectivity index (χ3v) is 5.74. The van der Waals surface area contributed by atoms with Crippen LogP contribution in [0.3, 0.4) is 0 Å². The Morgan fingerprint density at radius 1 is 0.962 bits per heavy atom. The summed E-state index contributed by atoms with van der Waals surface area (Å²) in [6.45, 7) is 7.72. The van der Waals surface area contributed by atoms with Gasteiger partial charge in [-0.1, -0.05) is 36.4 Å². The summed E-state index contributed by atoms with van der Waals surface area (Å²) in [4.78, 5) is 18.8. The Balaban J connectivity index is 1.36. The van der Waals surface area contributed by atoms with Crippen molar-refractivity contribution in [2.75, 3.05) is 49.1 Å². The molecule has 2 aliphatic rings. The molecule has 136 valence electrons. The maximum absolute atomic E-state index is 12.9. The molecule has 0 spiro atoms. The van der Waals surface area contributed by atoms with E-state index in [2.05, 4.69) is 54.3 Å². The molecule has 0 aromatic heterocycles. The second-order valence-corrected chi connectivity index (χ2v) is 7.48. The van der Waals surface area contributed by atoms with Crippen molar-refractivity contribution in [1.29, 1.82) is 0 Å². The van der Waals surface area contributed by atoms with Crippen LogP contribution in [0.1, 0.15) is 17.5 Å². The molecular weight excluding hydrogens is 322 g/mol. The molecular formula is C22H28N3O+. The van der Waals surface area contributed by atoms with Crippen molar-refractivity contribution in [2.24, 2.45) is 0 Å². The number of carbonyl (C=O) groups is 1. The number of nitrogens with one attached hydrogen (secondary N) is 1. The highest BCUT2D eigenvalue weighted by molar-refractivity contribution is 5.95. The van der Waals surface area contributed by atoms with Crippen molar-refractivity contribution in [3.05, 3.63) is 59.7 Å². The lowest BCUT2D eigenvalue weighted by Gasteiger charge is -2.35. The number of hydrogen-bond donors (Lipinski definition) is 1. The molecule has 0 aliphatic carbocycles. The average Bonchev–Trinajstić information content (AvgIpc) is 2.68. The van der Waals surface area contributed by atoms with E-state index in [1.807, 2.05) is 11.0 Å². The van der Waals surface area contributed by atoms with E-state index in [0.717, 1.165) is 51.3 Å². The number of hydrogen-bond acceptors (Lipinski definition) is 2. The van der Waals surface area contributed by atoms with Gasteiger partial charge in [-0.15, -0.1) is 0 Å². The van der Waals surface area contributed by atoms with Gasteiger partial charge in [-0.2, -0.15) is 0 Å². The number of amides is 1. The largest absolute Gasteiger partial charge is 0.360 e. The second kappa shape index (κ2) is 7.50. The standard InChI is InChI=1S/C22H27N3O/c1-18-7-2-4-10-20(18)24-15-13-23(14-16-24)17-22(26)25-12-6-9-19-8-3-5-11-21(19)25/h2-5,7-8,10-11H,6,9,12-17H2,1H3/p+1. The fourth-order valence-electron chi connectivity index (χ4n) is 4.26. The van der Waals surface area contributed by atoms with Crippen LogP contribution in [0.5, 0.6) is 0 Å². The Labute approximate surface area is 156 Å². The third kappa shape index (κ3) is 3.47. The zero-order valence-corrected chi connectivity index (χ0v) is 15.6. The Morgan fingerprint density at radius 3 is 2.42 bits per heavy atom. The lowest BCUT2D eigenvalue weighted by molar-refractivity contribution is -0.892. The summed E-state index contributed by atoms with van der Waals surface area (Å²) in [5.41, 5.74) is 5.10. The van der Waals surface area contributed by atoms with Crippen LogP contribution >= 0.6 is 0 Å². The Kier molecular flexibility index (Phi) is 4.93. The topological polar surface area (TPSA) is 28.0 Å². The first-order valence-electron chi connectivity index (χ1n) is 9.75. The fraction of sp³-hybridized carbons (Fsp3) is 0.409. The SMILES string of the molecule is Cc1ccccc1N1CC[NH+](CC(=O)N2CCCc3ccccc32)CC1. The van der Waals surface area contributed by atoms with E-state index >= 15 is 0 Å². The zero-order chi connectivity index (χ0) is 17.9. The van der Waals surface area contributed by atoms with E-state index in [9.17, 15) is 4.79 Å². The smallest absolute Gasteiger partial charge is 0.282 e. The number of para-hydroxylation sites is 2. The molecule has 2 aromatic carbocycles. The first kappa shape index (κ1) is 17.1. The minimum absolute atomic E-state index is 0.275. The average molecular weight is 350 g/mol. The normalized spacial score (nSPS) is 17.9. The Morgan fingerprint density at radius 2 is 1.65 bits per heavy atom. The monoisotopic (exact) mass is 350 g/mol. The number of piperazine rings is 1. The molecule has 0 bridgehead atoms. The fourth-order valence-corrected chi connectivity index (χ4v) is 4.26. The van der Waals surface area contributed by atoms with Crippen LogP contribution in [0, 0.1) is 6.92 Å². The molecule has 2 aromatic rings. The summed E-state index contributed by atoms with van der Waals surface area (Å²) >= 11 is 0. The summed E-state index contributed by atoms with van der Waals surface area (Å²) in [6.07, 6.45) is 2.15. The predicted molar refractivity (Wildman–Crippen MR) is 106 cm³/mol. The van der Waals surface area contributed by atoms with Crippen LogP contribution in [0.25, 0.3) is 0 Å². The summed E-state index contributed by atoms with van der Waals surface area (Å²) in [5, 5.41) is 0. The summed E-state index contributed by atoms with van der Waals surface area (Å²) < 4.78 is 0. The molecule has 2 heterocycles. The molecule has 26 heavy (non-hydrogen) atoms. The molecule has 0 unspecified atom stereocenters. The van der Waals surface area contributed by atoms with Crippen LogP contribution in [0.15, 0.2) is 48.5 Å². The summed E-state index contributed by atoms with van der Waals surface area (Å²) in [5.74, 6) is 0.275. The predicted octanol–water partition coefficient (Wildman–Crippen LogP) is 1.68. The van der Waals surface area contributed by atoms with E-state index < -0.39 is 0 Å². The van der Waals surface area contributed by atoms with Gasteiger partial charge in [0.15, 0.2) is 6.54 Å². The van der Waals surface area contributed by atoms with Crippen molar-refractivity contribution in [3.8, 4) is 0 Å². The van der Waals surface area contributed by atoms with Crippen LogP contribution in [-0.4, -0.2) is 45.2 Å². The van der Waals surface area contributed by atoms with Gasteiger partial charge < -0.3 is 14.7 Å². The number of aryl methyl sites for hydroxylation is 2. The van der Waals surface area contributed by atoms with E-state index in [-0.39, 0.29) is 5.91 Å². The molecule has 0 atom stereocenters. The molecule has 4 rings (SSSR count).